The van der Waals surface area contributed by atoms with Gasteiger partial charge in [0.25, 0.3) is 0 Å². The Labute approximate surface area is 108 Å². The molecule has 1 aliphatic rings. The Morgan fingerprint density at radius 2 is 2.12 bits per heavy atom. The van der Waals surface area contributed by atoms with Gasteiger partial charge in [-0.15, -0.1) is 0 Å². The maximum atomic E-state index is 5.92. The molecule has 1 aromatic carbocycles. The van der Waals surface area contributed by atoms with Gasteiger partial charge in [0.15, 0.2) is 0 Å². The first-order valence-corrected chi connectivity index (χ1v) is 6.43. The van der Waals surface area contributed by atoms with Crippen LogP contribution in [0.25, 0.3) is 0 Å². The fourth-order valence-corrected chi connectivity index (χ4v) is 2.23. The van der Waals surface area contributed by atoms with Gasteiger partial charge in [0.2, 0.25) is 0 Å². The second-order valence-corrected chi connectivity index (χ2v) is 4.78. The number of nitrogens with zero attached hydrogens (tertiary/aromatic N) is 1. The van der Waals surface area contributed by atoms with Gasteiger partial charge in [-0.05, 0) is 30.7 Å². The van der Waals surface area contributed by atoms with Gasteiger partial charge in [0.1, 0.15) is 0 Å². The van der Waals surface area contributed by atoms with Crippen molar-refractivity contribution in [1.29, 1.82) is 0 Å². The van der Waals surface area contributed by atoms with Crippen molar-refractivity contribution in [3.8, 4) is 0 Å². The van der Waals surface area contributed by atoms with E-state index in [-0.39, 0.29) is 0 Å². The number of benzene rings is 1. The van der Waals surface area contributed by atoms with Crippen molar-refractivity contribution in [2.75, 3.05) is 44.7 Å². The zero-order chi connectivity index (χ0) is 12.1. The van der Waals surface area contributed by atoms with Crippen LogP contribution in [0.1, 0.15) is 5.56 Å². The third-order valence-corrected chi connectivity index (χ3v) is 3.27. The fraction of sp³-hybridized carbons (Fsp3) is 0.538. The molecule has 0 atom stereocenters. The Kier molecular flexibility index (Phi) is 4.66. The number of nitrogens with one attached hydrogen (secondary N) is 1. The summed E-state index contributed by atoms with van der Waals surface area (Å²) < 4.78 is 5.32. The summed E-state index contributed by atoms with van der Waals surface area (Å²) in [6.07, 6.45) is 0. The molecule has 1 aliphatic heterocycles. The highest BCUT2D eigenvalue weighted by Gasteiger charge is 2.09. The van der Waals surface area contributed by atoms with E-state index in [1.807, 2.05) is 18.2 Å². The summed E-state index contributed by atoms with van der Waals surface area (Å²) in [5.74, 6) is 0. The standard InChI is InChI=1S/C13H19ClN2O/c1-11-10-12(14)2-3-13(11)15-4-5-16-6-8-17-9-7-16/h2-3,10,15H,4-9H2,1H3. The van der Waals surface area contributed by atoms with Crippen LogP contribution < -0.4 is 5.32 Å². The SMILES string of the molecule is Cc1cc(Cl)ccc1NCCN1CCOCC1. The average molecular weight is 255 g/mol. The summed E-state index contributed by atoms with van der Waals surface area (Å²) in [6, 6.07) is 5.95. The average Bonchev–Trinajstić information content (AvgIpc) is 2.33. The maximum Gasteiger partial charge on any atom is 0.0594 e. The highest BCUT2D eigenvalue weighted by Crippen LogP contribution is 2.19. The molecule has 1 aromatic rings. The molecule has 0 unspecified atom stereocenters. The number of anilines is 1. The van der Waals surface area contributed by atoms with Crippen LogP contribution in [0.2, 0.25) is 5.02 Å². The number of hydrogen-bond donors (Lipinski definition) is 1. The summed E-state index contributed by atoms with van der Waals surface area (Å²) >= 11 is 5.92. The van der Waals surface area contributed by atoms with E-state index in [4.69, 9.17) is 16.3 Å². The molecule has 0 bridgehead atoms. The van der Waals surface area contributed by atoms with E-state index in [0.717, 1.165) is 44.4 Å². The predicted octanol–water partition coefficient (Wildman–Crippen LogP) is 2.39. The second kappa shape index (κ2) is 6.24. The Bertz CT molecular complexity index is 364. The molecule has 4 heteroatoms. The minimum atomic E-state index is 0.793. The molecule has 0 amide bonds. The number of rotatable bonds is 4. The lowest BCUT2D eigenvalue weighted by molar-refractivity contribution is 0.0398. The Hall–Kier alpha value is -0.770. The molecular weight excluding hydrogens is 236 g/mol. The van der Waals surface area contributed by atoms with Crippen molar-refractivity contribution in [2.24, 2.45) is 0 Å². The summed E-state index contributed by atoms with van der Waals surface area (Å²) in [4.78, 5) is 2.42. The van der Waals surface area contributed by atoms with E-state index in [1.54, 1.807) is 0 Å². The van der Waals surface area contributed by atoms with Gasteiger partial charge in [-0.1, -0.05) is 11.6 Å². The third kappa shape index (κ3) is 3.87. The monoisotopic (exact) mass is 254 g/mol. The van der Waals surface area contributed by atoms with Gasteiger partial charge < -0.3 is 10.1 Å². The minimum Gasteiger partial charge on any atom is -0.384 e. The summed E-state index contributed by atoms with van der Waals surface area (Å²) in [5, 5.41) is 4.24. The van der Waals surface area contributed by atoms with Gasteiger partial charge >= 0.3 is 0 Å². The van der Waals surface area contributed by atoms with Crippen LogP contribution in [0, 0.1) is 6.92 Å². The molecule has 17 heavy (non-hydrogen) atoms. The number of halogens is 1. The molecule has 0 radical (unpaired) electrons. The highest BCUT2D eigenvalue weighted by molar-refractivity contribution is 6.30. The summed E-state index contributed by atoms with van der Waals surface area (Å²) in [6.45, 7) is 7.90. The van der Waals surface area contributed by atoms with E-state index in [0.29, 0.717) is 0 Å². The lowest BCUT2D eigenvalue weighted by Gasteiger charge is -2.26. The Morgan fingerprint density at radius 1 is 1.35 bits per heavy atom. The third-order valence-electron chi connectivity index (χ3n) is 3.04. The molecule has 0 saturated carbocycles. The van der Waals surface area contributed by atoms with Gasteiger partial charge in [-0.25, -0.2) is 0 Å². The zero-order valence-corrected chi connectivity index (χ0v) is 11.0. The first kappa shape index (κ1) is 12.7. The molecule has 1 saturated heterocycles. The molecule has 1 N–H and O–H groups in total. The smallest absolute Gasteiger partial charge is 0.0594 e. The Balaban J connectivity index is 1.77. The zero-order valence-electron chi connectivity index (χ0n) is 10.2. The van der Waals surface area contributed by atoms with Crippen molar-refractivity contribution in [3.63, 3.8) is 0 Å². The van der Waals surface area contributed by atoms with E-state index in [1.165, 1.54) is 11.3 Å². The molecule has 1 heterocycles. The van der Waals surface area contributed by atoms with E-state index >= 15 is 0 Å². The fourth-order valence-electron chi connectivity index (χ4n) is 2.00. The molecule has 0 aromatic heterocycles. The van der Waals surface area contributed by atoms with Crippen molar-refractivity contribution in [1.82, 2.24) is 4.90 Å². The maximum absolute atomic E-state index is 5.92. The first-order valence-electron chi connectivity index (χ1n) is 6.06. The molecule has 0 spiro atoms. The number of hydrogen-bond acceptors (Lipinski definition) is 3. The second-order valence-electron chi connectivity index (χ2n) is 4.34. The van der Waals surface area contributed by atoms with Crippen LogP contribution >= 0.6 is 11.6 Å². The molecule has 94 valence electrons. The van der Waals surface area contributed by atoms with Crippen LogP contribution in [0.15, 0.2) is 18.2 Å². The molecule has 1 fully saturated rings. The van der Waals surface area contributed by atoms with Crippen LogP contribution in [0.5, 0.6) is 0 Å². The number of morpholine rings is 1. The van der Waals surface area contributed by atoms with Crippen molar-refractivity contribution >= 4 is 17.3 Å². The van der Waals surface area contributed by atoms with Crippen LogP contribution in [0.3, 0.4) is 0 Å². The van der Waals surface area contributed by atoms with E-state index in [2.05, 4.69) is 17.1 Å². The van der Waals surface area contributed by atoms with Crippen molar-refractivity contribution < 1.29 is 4.74 Å². The van der Waals surface area contributed by atoms with Gasteiger partial charge in [0.05, 0.1) is 13.2 Å². The molecule has 2 rings (SSSR count). The Morgan fingerprint density at radius 3 is 2.82 bits per heavy atom. The lowest BCUT2D eigenvalue weighted by Crippen LogP contribution is -2.39. The van der Waals surface area contributed by atoms with Crippen LogP contribution in [0.4, 0.5) is 5.69 Å². The summed E-state index contributed by atoms with van der Waals surface area (Å²) in [5.41, 5.74) is 2.36. The predicted molar refractivity (Wildman–Crippen MR) is 71.9 cm³/mol. The quantitative estimate of drug-likeness (QED) is 0.893. The van der Waals surface area contributed by atoms with Crippen molar-refractivity contribution in [3.05, 3.63) is 28.8 Å². The molecular formula is C13H19ClN2O. The van der Waals surface area contributed by atoms with E-state index in [9.17, 15) is 0 Å². The van der Waals surface area contributed by atoms with Crippen molar-refractivity contribution in [2.45, 2.75) is 6.92 Å². The first-order chi connectivity index (χ1) is 8.25. The van der Waals surface area contributed by atoms with Gasteiger partial charge in [-0.2, -0.15) is 0 Å². The largest absolute Gasteiger partial charge is 0.384 e. The van der Waals surface area contributed by atoms with Gasteiger partial charge in [-0.3, -0.25) is 4.90 Å². The van der Waals surface area contributed by atoms with Crippen LogP contribution in [-0.2, 0) is 4.74 Å². The topological polar surface area (TPSA) is 24.5 Å². The minimum absolute atomic E-state index is 0.793. The van der Waals surface area contributed by atoms with E-state index < -0.39 is 0 Å². The van der Waals surface area contributed by atoms with Crippen LogP contribution in [-0.4, -0.2) is 44.3 Å². The number of aryl methyl sites for hydroxylation is 1. The number of ether oxygens (including phenoxy) is 1. The normalized spacial score (nSPS) is 17.1. The highest BCUT2D eigenvalue weighted by atomic mass is 35.5. The molecule has 3 nitrogen and oxygen atoms in total. The molecule has 0 aliphatic carbocycles. The lowest BCUT2D eigenvalue weighted by atomic mass is 10.2. The summed E-state index contributed by atoms with van der Waals surface area (Å²) in [7, 11) is 0. The van der Waals surface area contributed by atoms with Gasteiger partial charge in [0, 0.05) is 36.9 Å².